The Balaban J connectivity index is 1.26. The molecule has 0 unspecified atom stereocenters. The second-order valence-corrected chi connectivity index (χ2v) is 8.92. The van der Waals surface area contributed by atoms with E-state index in [0.29, 0.717) is 29.0 Å². The van der Waals surface area contributed by atoms with Crippen molar-refractivity contribution < 1.29 is 28.6 Å². The number of rotatable bonds is 7. The van der Waals surface area contributed by atoms with E-state index in [9.17, 15) is 19.1 Å². The zero-order chi connectivity index (χ0) is 25.1. The van der Waals surface area contributed by atoms with E-state index in [-0.39, 0.29) is 43.1 Å². The maximum atomic E-state index is 13.8. The number of hydrogen-bond donors (Lipinski definition) is 3. The highest BCUT2D eigenvalue weighted by Crippen LogP contribution is 2.47. The van der Waals surface area contributed by atoms with E-state index in [2.05, 4.69) is 15.6 Å². The molecule has 0 spiro atoms. The standard InChI is InChI=1S/C27H26FN3O5/c28-22-6-2-1-4-16(22)14-30-25(33)12-19-11-21-20-10-18(31-27(34)17-5-3-9-29-13-17)7-8-23(20)36-26(21)24(15-32)35-19/h1-10,13,19,21,24,26,32H,11-12,14-15H2,(H,30,33)(H,31,34)/t19-,21-,24+,26+/m0/s1. The van der Waals surface area contributed by atoms with Gasteiger partial charge in [0.25, 0.3) is 5.91 Å². The summed E-state index contributed by atoms with van der Waals surface area (Å²) in [6.45, 7) is -0.174. The largest absolute Gasteiger partial charge is 0.487 e. The summed E-state index contributed by atoms with van der Waals surface area (Å²) in [5.41, 5.74) is 2.35. The molecule has 3 N–H and O–H groups in total. The highest BCUT2D eigenvalue weighted by atomic mass is 19.1. The maximum Gasteiger partial charge on any atom is 0.257 e. The first-order valence-electron chi connectivity index (χ1n) is 11.8. The number of benzene rings is 2. The van der Waals surface area contributed by atoms with Crippen molar-refractivity contribution in [2.45, 2.75) is 43.6 Å². The van der Waals surface area contributed by atoms with E-state index in [1.54, 1.807) is 48.7 Å². The molecular weight excluding hydrogens is 465 g/mol. The third-order valence-electron chi connectivity index (χ3n) is 6.53. The third kappa shape index (κ3) is 5.07. The number of ether oxygens (including phenoxy) is 2. The van der Waals surface area contributed by atoms with Crippen molar-refractivity contribution in [3.63, 3.8) is 0 Å². The van der Waals surface area contributed by atoms with Crippen molar-refractivity contribution in [1.82, 2.24) is 10.3 Å². The van der Waals surface area contributed by atoms with Gasteiger partial charge in [-0.05, 0) is 42.8 Å². The summed E-state index contributed by atoms with van der Waals surface area (Å²) >= 11 is 0. The molecule has 5 rings (SSSR count). The van der Waals surface area contributed by atoms with E-state index in [0.717, 1.165) is 5.56 Å². The van der Waals surface area contributed by atoms with Crippen LogP contribution in [-0.4, -0.2) is 46.8 Å². The Bertz CT molecular complexity index is 1260. The Hall–Kier alpha value is -3.82. The summed E-state index contributed by atoms with van der Waals surface area (Å²) in [4.78, 5) is 29.1. The summed E-state index contributed by atoms with van der Waals surface area (Å²) < 4.78 is 25.9. The van der Waals surface area contributed by atoms with E-state index in [1.165, 1.54) is 12.3 Å². The van der Waals surface area contributed by atoms with Gasteiger partial charge in [0.05, 0.1) is 24.7 Å². The van der Waals surface area contributed by atoms with Crippen LogP contribution >= 0.6 is 0 Å². The smallest absolute Gasteiger partial charge is 0.257 e. The lowest BCUT2D eigenvalue weighted by Gasteiger charge is -2.37. The van der Waals surface area contributed by atoms with Crippen molar-refractivity contribution >= 4 is 17.5 Å². The molecule has 3 heterocycles. The molecule has 2 aliphatic heterocycles. The molecule has 8 nitrogen and oxygen atoms in total. The molecule has 36 heavy (non-hydrogen) atoms. The van der Waals surface area contributed by atoms with Gasteiger partial charge in [-0.25, -0.2) is 4.39 Å². The van der Waals surface area contributed by atoms with Crippen molar-refractivity contribution in [2.24, 2.45) is 0 Å². The lowest BCUT2D eigenvalue weighted by atomic mass is 9.84. The number of halogens is 1. The van der Waals surface area contributed by atoms with Crippen LogP contribution in [0.25, 0.3) is 0 Å². The second kappa shape index (κ2) is 10.4. The molecule has 9 heteroatoms. The van der Waals surface area contributed by atoms with Gasteiger partial charge in [-0.1, -0.05) is 18.2 Å². The Labute approximate surface area is 207 Å². The predicted octanol–water partition coefficient (Wildman–Crippen LogP) is 3.17. The number of aliphatic hydroxyl groups is 1. The average Bonchev–Trinajstić information content (AvgIpc) is 3.26. The Morgan fingerprint density at radius 1 is 1.14 bits per heavy atom. The Morgan fingerprint density at radius 2 is 2.00 bits per heavy atom. The molecule has 1 aromatic heterocycles. The molecule has 2 amide bonds. The minimum Gasteiger partial charge on any atom is -0.487 e. The van der Waals surface area contributed by atoms with Gasteiger partial charge in [-0.2, -0.15) is 0 Å². The van der Waals surface area contributed by atoms with Gasteiger partial charge < -0.3 is 25.2 Å². The number of nitrogens with zero attached hydrogens (tertiary/aromatic N) is 1. The minimum atomic E-state index is -0.603. The molecule has 0 bridgehead atoms. The monoisotopic (exact) mass is 491 g/mol. The fourth-order valence-electron chi connectivity index (χ4n) is 4.78. The van der Waals surface area contributed by atoms with Crippen LogP contribution in [0.1, 0.15) is 40.2 Å². The Kier molecular flexibility index (Phi) is 6.92. The molecule has 3 aromatic rings. The number of aliphatic hydroxyl groups excluding tert-OH is 1. The first-order valence-corrected chi connectivity index (χ1v) is 11.8. The molecule has 4 atom stereocenters. The predicted molar refractivity (Wildman–Crippen MR) is 129 cm³/mol. The molecule has 2 aliphatic rings. The summed E-state index contributed by atoms with van der Waals surface area (Å²) in [5.74, 6) is -0.374. The summed E-state index contributed by atoms with van der Waals surface area (Å²) in [6.07, 6.45) is 2.22. The number of hydrogen-bond acceptors (Lipinski definition) is 6. The molecule has 0 aliphatic carbocycles. The second-order valence-electron chi connectivity index (χ2n) is 8.92. The molecule has 1 fully saturated rings. The highest BCUT2D eigenvalue weighted by Gasteiger charge is 2.46. The molecule has 0 saturated carbocycles. The molecule has 0 radical (unpaired) electrons. The molecule has 186 valence electrons. The van der Waals surface area contributed by atoms with Crippen LogP contribution in [0.2, 0.25) is 0 Å². The van der Waals surface area contributed by atoms with Crippen molar-refractivity contribution in [3.8, 4) is 5.75 Å². The summed E-state index contributed by atoms with van der Waals surface area (Å²) in [5, 5.41) is 15.6. The van der Waals surface area contributed by atoms with Crippen molar-refractivity contribution in [2.75, 3.05) is 11.9 Å². The van der Waals surface area contributed by atoms with Gasteiger partial charge in [-0.15, -0.1) is 0 Å². The lowest BCUT2D eigenvalue weighted by Crippen LogP contribution is -2.47. The fraction of sp³-hybridized carbons (Fsp3) is 0.296. The minimum absolute atomic E-state index is 0.0704. The van der Waals surface area contributed by atoms with Gasteiger partial charge in [0.15, 0.2) is 0 Å². The Morgan fingerprint density at radius 3 is 2.78 bits per heavy atom. The van der Waals surface area contributed by atoms with Gasteiger partial charge in [0.1, 0.15) is 23.8 Å². The van der Waals surface area contributed by atoms with E-state index in [1.807, 2.05) is 6.07 Å². The third-order valence-corrected chi connectivity index (χ3v) is 6.53. The van der Waals surface area contributed by atoms with Crippen LogP contribution in [0.3, 0.4) is 0 Å². The van der Waals surface area contributed by atoms with E-state index in [4.69, 9.17) is 9.47 Å². The van der Waals surface area contributed by atoms with Crippen LogP contribution < -0.4 is 15.4 Å². The zero-order valence-corrected chi connectivity index (χ0v) is 19.4. The number of carbonyl (C=O) groups excluding carboxylic acids is 2. The average molecular weight is 492 g/mol. The SMILES string of the molecule is O=C(C[C@@H]1C[C@H]2c3cc(NC(=O)c4cccnc4)ccc3O[C@H]2[C@@H](CO)O1)NCc1ccccc1F. The van der Waals surface area contributed by atoms with Crippen LogP contribution in [0.5, 0.6) is 5.75 Å². The normalized spacial score (nSPS) is 22.2. The van der Waals surface area contributed by atoms with Gasteiger partial charge in [0, 0.05) is 41.7 Å². The number of nitrogens with one attached hydrogen (secondary N) is 2. The lowest BCUT2D eigenvalue weighted by molar-refractivity contribution is -0.142. The maximum absolute atomic E-state index is 13.8. The number of aromatic nitrogens is 1. The zero-order valence-electron chi connectivity index (χ0n) is 19.4. The van der Waals surface area contributed by atoms with Gasteiger partial charge in [0.2, 0.25) is 5.91 Å². The summed E-state index contributed by atoms with van der Waals surface area (Å²) in [6, 6.07) is 15.1. The number of pyridine rings is 1. The first-order chi connectivity index (χ1) is 17.5. The van der Waals surface area contributed by atoms with Crippen LogP contribution in [0.15, 0.2) is 67.0 Å². The molecular formula is C27H26FN3O5. The molecule has 1 saturated heterocycles. The van der Waals surface area contributed by atoms with Crippen molar-refractivity contribution in [1.29, 1.82) is 0 Å². The number of amides is 2. The topological polar surface area (TPSA) is 110 Å². The van der Waals surface area contributed by atoms with E-state index < -0.39 is 18.3 Å². The number of fused-ring (bicyclic) bond motifs is 3. The van der Waals surface area contributed by atoms with Crippen molar-refractivity contribution in [3.05, 3.63) is 89.5 Å². The first kappa shape index (κ1) is 23.9. The summed E-state index contributed by atoms with van der Waals surface area (Å²) in [7, 11) is 0. The number of carbonyl (C=O) groups is 2. The fourth-order valence-corrected chi connectivity index (χ4v) is 4.78. The molecule has 2 aromatic carbocycles. The van der Waals surface area contributed by atoms with Crippen LogP contribution in [-0.2, 0) is 16.1 Å². The quantitative estimate of drug-likeness (QED) is 0.468. The van der Waals surface area contributed by atoms with Gasteiger partial charge >= 0.3 is 0 Å². The van der Waals surface area contributed by atoms with Crippen LogP contribution in [0, 0.1) is 5.82 Å². The van der Waals surface area contributed by atoms with Crippen LogP contribution in [0.4, 0.5) is 10.1 Å². The van der Waals surface area contributed by atoms with Gasteiger partial charge in [-0.3, -0.25) is 14.6 Å². The van der Waals surface area contributed by atoms with E-state index >= 15 is 0 Å². The number of anilines is 1. The highest BCUT2D eigenvalue weighted by molar-refractivity contribution is 6.04.